The molecule has 0 spiro atoms. The van der Waals surface area contributed by atoms with Crippen LogP contribution < -0.4 is 20.9 Å². The van der Waals surface area contributed by atoms with Crippen LogP contribution in [0.25, 0.3) is 11.3 Å². The molecule has 1 aromatic heterocycles. The van der Waals surface area contributed by atoms with Crippen LogP contribution >= 0.6 is 23.5 Å². The number of aryl methyl sites for hydroxylation is 1. The summed E-state index contributed by atoms with van der Waals surface area (Å²) in [5, 5.41) is 8.66. The molecule has 1 saturated carbocycles. The largest absolute Gasteiger partial charge is 0.461 e. The van der Waals surface area contributed by atoms with Gasteiger partial charge in [0, 0.05) is 17.2 Å². The summed E-state index contributed by atoms with van der Waals surface area (Å²) < 4.78 is 6.14. The zero-order valence-electron chi connectivity index (χ0n) is 17.0. The van der Waals surface area contributed by atoms with Gasteiger partial charge in [0.1, 0.15) is 16.4 Å². The summed E-state index contributed by atoms with van der Waals surface area (Å²) in [5.74, 6) is 2.06. The Labute approximate surface area is 185 Å². The highest BCUT2D eigenvalue weighted by molar-refractivity contribution is 8.01. The molecule has 0 radical (unpaired) electrons. The van der Waals surface area contributed by atoms with Gasteiger partial charge in [-0.25, -0.2) is 4.98 Å². The fourth-order valence-corrected chi connectivity index (χ4v) is 3.52. The normalized spacial score (nSPS) is 14.9. The highest BCUT2D eigenvalue weighted by Gasteiger charge is 2.28. The molecular weight excluding hydrogens is 422 g/mol. The average Bonchev–Trinajstić information content (AvgIpc) is 3.53. The summed E-state index contributed by atoms with van der Waals surface area (Å²) in [4.78, 5) is 21.1. The predicted molar refractivity (Wildman–Crippen MR) is 122 cm³/mol. The second-order valence-corrected chi connectivity index (χ2v) is 8.09. The van der Waals surface area contributed by atoms with Crippen LogP contribution in [0.5, 0.6) is 5.75 Å². The van der Waals surface area contributed by atoms with Gasteiger partial charge in [-0.05, 0) is 69.3 Å². The molecule has 158 valence electrons. The maximum absolute atomic E-state index is 12.2. The topological polar surface area (TPSA) is 116 Å². The van der Waals surface area contributed by atoms with Gasteiger partial charge in [0.15, 0.2) is 5.82 Å². The number of allylic oxidation sites excluding steroid dienone is 3. The lowest BCUT2D eigenvalue weighted by atomic mass is 10.1. The molecule has 1 aliphatic rings. The number of carbonyl (C=O) groups is 1. The van der Waals surface area contributed by atoms with Crippen molar-refractivity contribution in [3.63, 3.8) is 0 Å². The van der Waals surface area contributed by atoms with E-state index in [0.717, 1.165) is 41.9 Å². The van der Waals surface area contributed by atoms with Crippen molar-refractivity contribution >= 4 is 35.3 Å². The summed E-state index contributed by atoms with van der Waals surface area (Å²) in [5.41, 5.74) is 8.20. The van der Waals surface area contributed by atoms with Gasteiger partial charge in [0.2, 0.25) is 0 Å². The van der Waals surface area contributed by atoms with Crippen molar-refractivity contribution in [3.8, 4) is 17.0 Å². The zero-order valence-corrected chi connectivity index (χ0v) is 18.6. The highest BCUT2D eigenvalue weighted by atomic mass is 35.5. The Morgan fingerprint density at radius 3 is 2.60 bits per heavy atom. The lowest BCUT2D eigenvalue weighted by Crippen LogP contribution is -2.18. The van der Waals surface area contributed by atoms with Crippen LogP contribution in [-0.2, 0) is 4.79 Å². The maximum Gasteiger partial charge on any atom is 0.266 e. The van der Waals surface area contributed by atoms with Crippen molar-refractivity contribution in [2.75, 3.05) is 5.32 Å². The number of hydrogen-bond acceptors (Lipinski definition) is 7. The zero-order chi connectivity index (χ0) is 21.8. The molecule has 0 bridgehead atoms. The Kier molecular flexibility index (Phi) is 7.02. The fraction of sp³-hybridized carbons (Fsp3) is 0.286. The third kappa shape index (κ3) is 5.13. The van der Waals surface area contributed by atoms with Crippen molar-refractivity contribution in [1.82, 2.24) is 9.97 Å². The van der Waals surface area contributed by atoms with E-state index in [2.05, 4.69) is 15.3 Å². The molecule has 0 atom stereocenters. The number of rotatable bonds is 7. The standard InChI is InChI=1S/C21H24ClN5O2S/c1-4-17(13-5-6-13)29-18-8-14(15(22)7-11(18)2)16-9-26-19(10-25-16)27-21(28)20(30-24)12(3)23/h4,7-10,13H,5-6,23-24H2,1-3H3,(H,26,27,28)/b17-4-,20-12-. The van der Waals surface area contributed by atoms with Crippen molar-refractivity contribution in [2.24, 2.45) is 16.8 Å². The van der Waals surface area contributed by atoms with Crippen LogP contribution in [0.15, 0.2) is 47.0 Å². The third-order valence-corrected chi connectivity index (χ3v) is 5.66. The molecule has 0 unspecified atom stereocenters. The second kappa shape index (κ2) is 9.51. The molecule has 0 saturated heterocycles. The van der Waals surface area contributed by atoms with E-state index < -0.39 is 5.91 Å². The monoisotopic (exact) mass is 445 g/mol. The molecule has 7 nitrogen and oxygen atoms in total. The summed E-state index contributed by atoms with van der Waals surface area (Å²) in [6, 6.07) is 3.72. The summed E-state index contributed by atoms with van der Waals surface area (Å²) in [6.45, 7) is 5.54. The molecule has 1 aliphatic carbocycles. The minimum absolute atomic E-state index is 0.222. The van der Waals surface area contributed by atoms with E-state index >= 15 is 0 Å². The van der Waals surface area contributed by atoms with Gasteiger partial charge >= 0.3 is 0 Å². The van der Waals surface area contributed by atoms with E-state index in [1.165, 1.54) is 6.20 Å². The fourth-order valence-electron chi connectivity index (χ4n) is 2.86. The number of halogens is 1. The number of anilines is 1. The Morgan fingerprint density at radius 2 is 2.07 bits per heavy atom. The van der Waals surface area contributed by atoms with E-state index in [9.17, 15) is 4.79 Å². The smallest absolute Gasteiger partial charge is 0.266 e. The lowest BCUT2D eigenvalue weighted by molar-refractivity contribution is -0.112. The molecule has 3 rings (SSSR count). The Hall–Kier alpha value is -2.55. The van der Waals surface area contributed by atoms with Gasteiger partial charge in [-0.15, -0.1) is 0 Å². The van der Waals surface area contributed by atoms with Gasteiger partial charge in [0.05, 0.1) is 23.1 Å². The number of amides is 1. The molecule has 1 fully saturated rings. The minimum Gasteiger partial charge on any atom is -0.461 e. The number of nitrogens with one attached hydrogen (secondary N) is 1. The van der Waals surface area contributed by atoms with Gasteiger partial charge in [-0.1, -0.05) is 11.6 Å². The summed E-state index contributed by atoms with van der Waals surface area (Å²) >= 11 is 7.24. The van der Waals surface area contributed by atoms with Crippen LogP contribution in [0.4, 0.5) is 5.82 Å². The van der Waals surface area contributed by atoms with E-state index in [1.807, 2.05) is 32.1 Å². The number of nitrogens with zero attached hydrogens (tertiary/aromatic N) is 2. The molecule has 9 heteroatoms. The minimum atomic E-state index is -0.437. The molecule has 5 N–H and O–H groups in total. The van der Waals surface area contributed by atoms with Crippen molar-refractivity contribution in [1.29, 1.82) is 0 Å². The molecule has 2 aromatic rings. The molecule has 1 heterocycles. The van der Waals surface area contributed by atoms with Crippen LogP contribution in [0.2, 0.25) is 5.02 Å². The van der Waals surface area contributed by atoms with Crippen LogP contribution in [0, 0.1) is 12.8 Å². The van der Waals surface area contributed by atoms with Crippen molar-refractivity contribution in [3.05, 3.63) is 57.5 Å². The lowest BCUT2D eigenvalue weighted by Gasteiger charge is -2.14. The van der Waals surface area contributed by atoms with Crippen molar-refractivity contribution in [2.45, 2.75) is 33.6 Å². The summed E-state index contributed by atoms with van der Waals surface area (Å²) in [6.07, 6.45) is 7.31. The van der Waals surface area contributed by atoms with E-state index in [4.69, 9.17) is 27.2 Å². The number of ether oxygens (including phenoxy) is 1. The first-order valence-electron chi connectivity index (χ1n) is 9.45. The first kappa shape index (κ1) is 22.1. The second-order valence-electron chi connectivity index (χ2n) is 7.04. The predicted octanol–water partition coefficient (Wildman–Crippen LogP) is 4.53. The molecule has 1 aromatic carbocycles. The molecule has 0 aliphatic heterocycles. The number of carbonyl (C=O) groups excluding carboxylic acids is 1. The maximum atomic E-state index is 12.2. The molecular formula is C21H24ClN5O2S. The van der Waals surface area contributed by atoms with Gasteiger partial charge in [0.25, 0.3) is 5.91 Å². The van der Waals surface area contributed by atoms with Crippen LogP contribution in [-0.4, -0.2) is 15.9 Å². The van der Waals surface area contributed by atoms with E-state index in [0.29, 0.717) is 27.9 Å². The van der Waals surface area contributed by atoms with Gasteiger partial charge in [-0.3, -0.25) is 14.9 Å². The Bertz CT molecular complexity index is 1010. The van der Waals surface area contributed by atoms with Crippen LogP contribution in [0.3, 0.4) is 0 Å². The first-order chi connectivity index (χ1) is 14.3. The van der Waals surface area contributed by atoms with E-state index in [1.54, 1.807) is 13.1 Å². The summed E-state index contributed by atoms with van der Waals surface area (Å²) in [7, 11) is 0. The molecule has 1 amide bonds. The number of hydrogen-bond donors (Lipinski definition) is 3. The number of benzene rings is 1. The quantitative estimate of drug-likeness (QED) is 0.325. The van der Waals surface area contributed by atoms with Gasteiger partial charge in [-0.2, -0.15) is 0 Å². The van der Waals surface area contributed by atoms with E-state index in [-0.39, 0.29) is 10.7 Å². The first-order valence-corrected chi connectivity index (χ1v) is 10.7. The van der Waals surface area contributed by atoms with Crippen LogP contribution in [0.1, 0.15) is 32.3 Å². The van der Waals surface area contributed by atoms with Crippen molar-refractivity contribution < 1.29 is 9.53 Å². The Balaban J connectivity index is 1.83. The highest BCUT2D eigenvalue weighted by Crippen LogP contribution is 2.40. The third-order valence-electron chi connectivity index (χ3n) is 4.61. The number of nitrogens with two attached hydrogens (primary N) is 2. The average molecular weight is 446 g/mol. The molecule has 30 heavy (non-hydrogen) atoms. The number of aromatic nitrogens is 2. The Morgan fingerprint density at radius 1 is 1.33 bits per heavy atom. The van der Waals surface area contributed by atoms with Gasteiger partial charge < -0.3 is 15.8 Å². The SMILES string of the molecule is C/C=C(\Oc1cc(-c2cnc(NC(=O)/C(SN)=C(\C)N)cn2)c(Cl)cc1C)C1CC1.